The van der Waals surface area contributed by atoms with Crippen LogP contribution in [-0.2, 0) is 37.0 Å². The summed E-state index contributed by atoms with van der Waals surface area (Å²) in [6.07, 6.45) is -0.0274. The van der Waals surface area contributed by atoms with Crippen LogP contribution in [0.5, 0.6) is 0 Å². The van der Waals surface area contributed by atoms with E-state index in [1.165, 1.54) is 6.92 Å². The molecule has 1 saturated heterocycles. The van der Waals surface area contributed by atoms with Crippen molar-refractivity contribution in [2.24, 2.45) is 0 Å². The van der Waals surface area contributed by atoms with Gasteiger partial charge in [0.25, 0.3) is 0 Å². The van der Waals surface area contributed by atoms with Gasteiger partial charge in [-0.3, -0.25) is 4.79 Å². The molecule has 0 saturated carbocycles. The average molecular weight is 370 g/mol. The maximum atomic E-state index is 11.2. The van der Waals surface area contributed by atoms with Crippen LogP contribution in [0.15, 0.2) is 60.7 Å². The number of carbonyl (C=O) groups excluding carboxylic acids is 1. The van der Waals surface area contributed by atoms with Crippen LogP contribution >= 0.6 is 0 Å². The molecule has 3 atom stereocenters. The van der Waals surface area contributed by atoms with E-state index in [9.17, 15) is 4.79 Å². The van der Waals surface area contributed by atoms with Gasteiger partial charge in [0.1, 0.15) is 18.8 Å². The van der Waals surface area contributed by atoms with E-state index in [0.29, 0.717) is 19.8 Å². The Bertz CT molecular complexity index is 688. The highest BCUT2D eigenvalue weighted by atomic mass is 16.6. The molecule has 2 aromatic rings. The quantitative estimate of drug-likeness (QED) is 0.666. The van der Waals surface area contributed by atoms with Crippen LogP contribution in [0.4, 0.5) is 0 Å². The standard InChI is InChI=1S/C22H26O5/c1-17(23)25-16-21-22(27-15-19-10-6-3-7-11-19)20(12-13-24-21)26-14-18-8-4-2-5-9-18/h2-11,20-22H,12-16H2,1H3/t20-,21-,22-/m1/s1. The number of benzene rings is 2. The number of carbonyl (C=O) groups is 1. The number of ether oxygens (including phenoxy) is 4. The van der Waals surface area contributed by atoms with E-state index in [2.05, 4.69) is 0 Å². The molecule has 0 aromatic heterocycles. The monoisotopic (exact) mass is 370 g/mol. The fourth-order valence-corrected chi connectivity index (χ4v) is 3.11. The van der Waals surface area contributed by atoms with Gasteiger partial charge in [0, 0.05) is 13.5 Å². The number of hydrogen-bond donors (Lipinski definition) is 0. The Morgan fingerprint density at radius 3 is 2.15 bits per heavy atom. The maximum Gasteiger partial charge on any atom is 0.302 e. The molecular formula is C22H26O5. The van der Waals surface area contributed by atoms with Gasteiger partial charge in [0.2, 0.25) is 0 Å². The Morgan fingerprint density at radius 2 is 1.56 bits per heavy atom. The van der Waals surface area contributed by atoms with Crippen molar-refractivity contribution in [2.75, 3.05) is 13.2 Å². The lowest BCUT2D eigenvalue weighted by Crippen LogP contribution is -2.49. The van der Waals surface area contributed by atoms with E-state index in [1.54, 1.807) is 0 Å². The van der Waals surface area contributed by atoms with Gasteiger partial charge in [-0.2, -0.15) is 0 Å². The molecule has 0 amide bonds. The Morgan fingerprint density at radius 1 is 0.963 bits per heavy atom. The molecular weight excluding hydrogens is 344 g/mol. The molecule has 2 aromatic carbocycles. The molecule has 27 heavy (non-hydrogen) atoms. The van der Waals surface area contributed by atoms with E-state index in [0.717, 1.165) is 17.5 Å². The third-order valence-corrected chi connectivity index (χ3v) is 4.51. The second kappa shape index (κ2) is 10.2. The van der Waals surface area contributed by atoms with E-state index in [1.807, 2.05) is 60.7 Å². The SMILES string of the molecule is CC(=O)OC[C@H]1OCC[C@@H](OCc2ccccc2)[C@H]1OCc1ccccc1. The van der Waals surface area contributed by atoms with Gasteiger partial charge in [0.05, 0.1) is 19.3 Å². The van der Waals surface area contributed by atoms with Gasteiger partial charge in [-0.15, -0.1) is 0 Å². The zero-order chi connectivity index (χ0) is 18.9. The van der Waals surface area contributed by atoms with E-state index < -0.39 is 0 Å². The van der Waals surface area contributed by atoms with Gasteiger partial charge in [0.15, 0.2) is 0 Å². The molecule has 144 valence electrons. The van der Waals surface area contributed by atoms with E-state index in [4.69, 9.17) is 18.9 Å². The zero-order valence-electron chi connectivity index (χ0n) is 15.6. The summed E-state index contributed by atoms with van der Waals surface area (Å²) in [4.78, 5) is 11.2. The molecule has 1 aliphatic rings. The Hall–Kier alpha value is -2.21. The van der Waals surface area contributed by atoms with Crippen molar-refractivity contribution in [2.45, 2.75) is 44.9 Å². The normalized spacial score (nSPS) is 22.3. The summed E-state index contributed by atoms with van der Waals surface area (Å²) in [5.74, 6) is -0.326. The highest BCUT2D eigenvalue weighted by Crippen LogP contribution is 2.24. The maximum absolute atomic E-state index is 11.2. The predicted octanol–water partition coefficient (Wildman–Crippen LogP) is 3.51. The van der Waals surface area contributed by atoms with Crippen molar-refractivity contribution < 1.29 is 23.7 Å². The first kappa shape index (κ1) is 19.5. The van der Waals surface area contributed by atoms with Crippen LogP contribution < -0.4 is 0 Å². The largest absolute Gasteiger partial charge is 0.463 e. The van der Waals surface area contributed by atoms with Gasteiger partial charge in [-0.1, -0.05) is 60.7 Å². The van der Waals surface area contributed by atoms with Crippen LogP contribution in [0.25, 0.3) is 0 Å². The molecule has 1 heterocycles. The summed E-state index contributed by atoms with van der Waals surface area (Å²) in [5, 5.41) is 0. The third-order valence-electron chi connectivity index (χ3n) is 4.51. The van der Waals surface area contributed by atoms with Crippen molar-refractivity contribution in [3.8, 4) is 0 Å². The molecule has 1 aliphatic heterocycles. The van der Waals surface area contributed by atoms with Crippen molar-refractivity contribution in [3.63, 3.8) is 0 Å². The lowest BCUT2D eigenvalue weighted by Gasteiger charge is -2.37. The van der Waals surface area contributed by atoms with Crippen molar-refractivity contribution in [3.05, 3.63) is 71.8 Å². The average Bonchev–Trinajstić information content (AvgIpc) is 2.71. The van der Waals surface area contributed by atoms with Crippen molar-refractivity contribution in [1.29, 1.82) is 0 Å². The highest BCUT2D eigenvalue weighted by Gasteiger charge is 2.36. The molecule has 0 spiro atoms. The van der Waals surface area contributed by atoms with Crippen LogP contribution in [0.2, 0.25) is 0 Å². The molecule has 5 heteroatoms. The van der Waals surface area contributed by atoms with Crippen molar-refractivity contribution in [1.82, 2.24) is 0 Å². The fraction of sp³-hybridized carbons (Fsp3) is 0.409. The second-order valence-electron chi connectivity index (χ2n) is 6.60. The first-order chi connectivity index (χ1) is 13.2. The van der Waals surface area contributed by atoms with E-state index >= 15 is 0 Å². The zero-order valence-corrected chi connectivity index (χ0v) is 15.6. The first-order valence-corrected chi connectivity index (χ1v) is 9.28. The summed E-state index contributed by atoms with van der Waals surface area (Å²) in [5.41, 5.74) is 2.19. The smallest absolute Gasteiger partial charge is 0.302 e. The lowest BCUT2D eigenvalue weighted by atomic mass is 10.0. The number of hydrogen-bond acceptors (Lipinski definition) is 5. The molecule has 0 N–H and O–H groups in total. The summed E-state index contributed by atoms with van der Waals surface area (Å²) in [7, 11) is 0. The van der Waals surface area contributed by atoms with Gasteiger partial charge < -0.3 is 18.9 Å². The minimum atomic E-state index is -0.341. The van der Waals surface area contributed by atoms with Gasteiger partial charge >= 0.3 is 5.97 Å². The predicted molar refractivity (Wildman–Crippen MR) is 101 cm³/mol. The first-order valence-electron chi connectivity index (χ1n) is 9.28. The molecule has 0 unspecified atom stereocenters. The van der Waals surface area contributed by atoms with Gasteiger partial charge in [-0.25, -0.2) is 0 Å². The molecule has 1 fully saturated rings. The van der Waals surface area contributed by atoms with Crippen LogP contribution in [0.3, 0.4) is 0 Å². The van der Waals surface area contributed by atoms with Crippen LogP contribution in [0.1, 0.15) is 24.5 Å². The summed E-state index contributed by atoms with van der Waals surface area (Å²) >= 11 is 0. The third kappa shape index (κ3) is 6.17. The molecule has 0 aliphatic carbocycles. The topological polar surface area (TPSA) is 54.0 Å². The molecule has 0 bridgehead atoms. The van der Waals surface area contributed by atoms with Gasteiger partial charge in [-0.05, 0) is 17.5 Å². The number of rotatable bonds is 8. The summed E-state index contributed by atoms with van der Waals surface area (Å²) in [6.45, 7) is 3.08. The Labute approximate surface area is 160 Å². The summed E-state index contributed by atoms with van der Waals surface area (Å²) < 4.78 is 23.3. The van der Waals surface area contributed by atoms with Crippen molar-refractivity contribution >= 4 is 5.97 Å². The summed E-state index contributed by atoms with van der Waals surface area (Å²) in [6, 6.07) is 20.0. The van der Waals surface area contributed by atoms with Crippen LogP contribution in [0, 0.1) is 0 Å². The lowest BCUT2D eigenvalue weighted by molar-refractivity contribution is -0.198. The second-order valence-corrected chi connectivity index (χ2v) is 6.60. The molecule has 3 rings (SSSR count). The fourth-order valence-electron chi connectivity index (χ4n) is 3.11. The number of esters is 1. The Balaban J connectivity index is 1.65. The minimum Gasteiger partial charge on any atom is -0.463 e. The highest BCUT2D eigenvalue weighted by molar-refractivity contribution is 5.65. The molecule has 5 nitrogen and oxygen atoms in total. The van der Waals surface area contributed by atoms with Crippen LogP contribution in [-0.4, -0.2) is 37.5 Å². The Kier molecular flexibility index (Phi) is 7.39. The minimum absolute atomic E-state index is 0.122. The molecule has 0 radical (unpaired) electrons. The van der Waals surface area contributed by atoms with E-state index in [-0.39, 0.29) is 30.9 Å².